The highest BCUT2D eigenvalue weighted by molar-refractivity contribution is 5.83. The summed E-state index contributed by atoms with van der Waals surface area (Å²) in [6.45, 7) is 10.6. The number of rotatable bonds is 5. The molecule has 4 heterocycles. The zero-order valence-corrected chi connectivity index (χ0v) is 23.3. The molecule has 7 rings (SSSR count). The van der Waals surface area contributed by atoms with E-state index in [1.165, 1.54) is 43.1 Å². The average molecular weight is 544 g/mol. The third kappa shape index (κ3) is 4.27. The lowest BCUT2D eigenvalue weighted by Crippen LogP contribution is -2.60. The van der Waals surface area contributed by atoms with E-state index in [9.17, 15) is 4.39 Å². The second-order valence-electron chi connectivity index (χ2n) is 12.1. The van der Waals surface area contributed by atoms with Gasteiger partial charge in [-0.1, -0.05) is 6.07 Å². The first-order valence-electron chi connectivity index (χ1n) is 14.4. The molecule has 40 heavy (non-hydrogen) atoms. The van der Waals surface area contributed by atoms with Crippen molar-refractivity contribution in [1.29, 1.82) is 0 Å². The van der Waals surface area contributed by atoms with Gasteiger partial charge in [0.2, 0.25) is 5.95 Å². The van der Waals surface area contributed by atoms with Gasteiger partial charge in [0.05, 0.1) is 11.7 Å². The van der Waals surface area contributed by atoms with Crippen molar-refractivity contribution in [3.63, 3.8) is 0 Å². The first-order valence-corrected chi connectivity index (χ1v) is 14.4. The summed E-state index contributed by atoms with van der Waals surface area (Å²) in [5, 5.41) is 6.74. The molecule has 3 aliphatic rings. The summed E-state index contributed by atoms with van der Waals surface area (Å²) in [7, 11) is 0. The van der Waals surface area contributed by atoms with Crippen molar-refractivity contribution in [2.45, 2.75) is 58.5 Å². The molecule has 2 saturated heterocycles. The van der Waals surface area contributed by atoms with Crippen LogP contribution in [0.4, 0.5) is 20.4 Å². The van der Waals surface area contributed by atoms with Crippen LogP contribution in [0.5, 0.6) is 0 Å². The molecule has 0 amide bonds. The monoisotopic (exact) mass is 543 g/mol. The Morgan fingerprint density at radius 1 is 1.05 bits per heavy atom. The van der Waals surface area contributed by atoms with Crippen LogP contribution < -0.4 is 10.6 Å². The van der Waals surface area contributed by atoms with Gasteiger partial charge in [-0.25, -0.2) is 23.7 Å². The number of nitrogens with zero attached hydrogens (tertiary/aromatic N) is 5. The molecule has 9 heteroatoms. The minimum Gasteiger partial charge on any atom is -0.326 e. The lowest BCUT2D eigenvalue weighted by Gasteiger charge is -2.55. The lowest BCUT2D eigenvalue weighted by atomic mass is 9.71. The molecule has 7 nitrogen and oxygen atoms in total. The smallest absolute Gasteiger partial charge is 0.227 e. The number of likely N-dealkylation sites (tertiary alicyclic amines) is 1. The highest BCUT2D eigenvalue weighted by Gasteiger charge is 2.47. The predicted octanol–water partition coefficient (Wildman–Crippen LogP) is 6.08. The summed E-state index contributed by atoms with van der Waals surface area (Å²) in [5.74, 6) is -0.112. The van der Waals surface area contributed by atoms with Crippen LogP contribution in [0, 0.1) is 24.0 Å². The number of nitrogens with one attached hydrogen (secondary N) is 2. The van der Waals surface area contributed by atoms with Crippen molar-refractivity contribution in [3.05, 3.63) is 65.1 Å². The van der Waals surface area contributed by atoms with Crippen LogP contribution in [-0.4, -0.2) is 50.6 Å². The number of anilines is 2. The average Bonchev–Trinajstić information content (AvgIpc) is 3.49. The quantitative estimate of drug-likeness (QED) is 0.318. The minimum atomic E-state index is -0.602. The molecule has 1 atom stereocenters. The number of imidazole rings is 1. The van der Waals surface area contributed by atoms with Gasteiger partial charge in [0.1, 0.15) is 17.0 Å². The predicted molar refractivity (Wildman–Crippen MR) is 153 cm³/mol. The van der Waals surface area contributed by atoms with E-state index >= 15 is 4.39 Å². The van der Waals surface area contributed by atoms with E-state index in [0.29, 0.717) is 28.4 Å². The standard InChI is InChI=1S/C31H35F2N7/c1-18(2)40-19(3)36-29-24(32)13-21(14-27(29)40)28-25(33)15-35-30(38-28)37-22-5-6-23-20(12-22)4-7-26(23)39-16-31(17-39)8-10-34-11-9-31/h5-6,12-15,18,26,34H,4,7-11,16-17H2,1-3H3,(H,35,37,38). The van der Waals surface area contributed by atoms with Crippen molar-refractivity contribution >= 4 is 22.7 Å². The molecular formula is C31H35F2N7. The van der Waals surface area contributed by atoms with Gasteiger partial charge >= 0.3 is 0 Å². The second kappa shape index (κ2) is 9.59. The molecule has 0 bridgehead atoms. The zero-order valence-electron chi connectivity index (χ0n) is 23.3. The molecule has 208 valence electrons. The van der Waals surface area contributed by atoms with Gasteiger partial charge in [0.25, 0.3) is 0 Å². The third-order valence-electron chi connectivity index (χ3n) is 9.09. The first kappa shape index (κ1) is 25.5. The van der Waals surface area contributed by atoms with Crippen LogP contribution in [0.2, 0.25) is 0 Å². The van der Waals surface area contributed by atoms with Gasteiger partial charge in [-0.3, -0.25) is 4.90 Å². The van der Waals surface area contributed by atoms with E-state index in [4.69, 9.17) is 0 Å². The Morgan fingerprint density at radius 2 is 1.85 bits per heavy atom. The van der Waals surface area contributed by atoms with Gasteiger partial charge in [0.15, 0.2) is 11.6 Å². The van der Waals surface area contributed by atoms with Crippen LogP contribution in [-0.2, 0) is 6.42 Å². The van der Waals surface area contributed by atoms with E-state index in [-0.39, 0.29) is 23.2 Å². The molecule has 1 spiro atoms. The van der Waals surface area contributed by atoms with Gasteiger partial charge in [-0.05, 0) is 100 Å². The van der Waals surface area contributed by atoms with E-state index in [1.807, 2.05) is 25.3 Å². The maximum atomic E-state index is 15.1. The van der Waals surface area contributed by atoms with Crippen LogP contribution in [0.25, 0.3) is 22.3 Å². The minimum absolute atomic E-state index is 0.0540. The Hall–Kier alpha value is -3.43. The zero-order chi connectivity index (χ0) is 27.6. The van der Waals surface area contributed by atoms with E-state index in [0.717, 1.165) is 37.8 Å². The third-order valence-corrected chi connectivity index (χ3v) is 9.09. The fraction of sp³-hybridized carbons (Fsp3) is 0.452. The Kier molecular flexibility index (Phi) is 6.12. The Labute approximate surface area is 233 Å². The molecule has 2 N–H and O–H groups in total. The van der Waals surface area contributed by atoms with Crippen LogP contribution in [0.1, 0.15) is 62.1 Å². The van der Waals surface area contributed by atoms with Crippen molar-refractivity contribution in [2.75, 3.05) is 31.5 Å². The van der Waals surface area contributed by atoms with Gasteiger partial charge < -0.3 is 15.2 Å². The number of benzene rings is 2. The van der Waals surface area contributed by atoms with E-state index in [2.05, 4.69) is 48.7 Å². The summed E-state index contributed by atoms with van der Waals surface area (Å²) >= 11 is 0. The summed E-state index contributed by atoms with van der Waals surface area (Å²) in [6.07, 6.45) is 5.89. The molecule has 1 unspecified atom stereocenters. The number of hydrogen-bond acceptors (Lipinski definition) is 6. The fourth-order valence-corrected chi connectivity index (χ4v) is 7.18. The number of aromatic nitrogens is 4. The normalized spacial score (nSPS) is 20.3. The van der Waals surface area contributed by atoms with Crippen molar-refractivity contribution in [1.82, 2.24) is 29.7 Å². The molecular weight excluding hydrogens is 508 g/mol. The maximum Gasteiger partial charge on any atom is 0.227 e. The summed E-state index contributed by atoms with van der Waals surface area (Å²) in [5.41, 5.74) is 5.45. The highest BCUT2D eigenvalue weighted by atomic mass is 19.1. The van der Waals surface area contributed by atoms with E-state index < -0.39 is 11.6 Å². The second-order valence-corrected chi connectivity index (χ2v) is 12.1. The number of fused-ring (bicyclic) bond motifs is 2. The highest BCUT2D eigenvalue weighted by Crippen LogP contribution is 2.47. The van der Waals surface area contributed by atoms with Crippen molar-refractivity contribution in [3.8, 4) is 11.3 Å². The SMILES string of the molecule is Cc1nc2c(F)cc(-c3nc(Nc4ccc5c(c4)CCC5N4CC5(CCNCC5)C4)ncc3F)cc2n1C(C)C. The van der Waals surface area contributed by atoms with Gasteiger partial charge in [0, 0.05) is 36.4 Å². The Balaban J connectivity index is 1.13. The molecule has 2 aliphatic heterocycles. The molecule has 0 radical (unpaired) electrons. The number of aryl methyl sites for hydroxylation is 2. The van der Waals surface area contributed by atoms with Crippen molar-refractivity contribution < 1.29 is 8.78 Å². The summed E-state index contributed by atoms with van der Waals surface area (Å²) < 4.78 is 32.0. The largest absolute Gasteiger partial charge is 0.326 e. The van der Waals surface area contributed by atoms with Gasteiger partial charge in [-0.2, -0.15) is 0 Å². The molecule has 2 aromatic heterocycles. The Bertz CT molecular complexity index is 1600. The number of hydrogen-bond donors (Lipinski definition) is 2. The summed E-state index contributed by atoms with van der Waals surface area (Å²) in [4.78, 5) is 15.7. The van der Waals surface area contributed by atoms with Crippen LogP contribution >= 0.6 is 0 Å². The summed E-state index contributed by atoms with van der Waals surface area (Å²) in [6, 6.07) is 10.1. The molecule has 2 aromatic carbocycles. The maximum absolute atomic E-state index is 15.1. The molecule has 4 aromatic rings. The van der Waals surface area contributed by atoms with Crippen molar-refractivity contribution in [2.24, 2.45) is 5.41 Å². The van der Waals surface area contributed by atoms with Gasteiger partial charge in [-0.15, -0.1) is 0 Å². The van der Waals surface area contributed by atoms with Crippen LogP contribution in [0.15, 0.2) is 36.5 Å². The molecule has 0 saturated carbocycles. The Morgan fingerprint density at radius 3 is 2.62 bits per heavy atom. The molecule has 1 aliphatic carbocycles. The first-order chi connectivity index (χ1) is 19.3. The van der Waals surface area contributed by atoms with Crippen LogP contribution in [0.3, 0.4) is 0 Å². The topological polar surface area (TPSA) is 70.9 Å². The lowest BCUT2D eigenvalue weighted by molar-refractivity contribution is -0.0512. The molecule has 2 fully saturated rings. The number of piperidine rings is 1. The fourth-order valence-electron chi connectivity index (χ4n) is 7.18. The van der Waals surface area contributed by atoms with E-state index in [1.54, 1.807) is 6.07 Å². The number of halogens is 2.